The molecule has 3 N–H and O–H groups in total. The third-order valence-corrected chi connectivity index (χ3v) is 2.99. The summed E-state index contributed by atoms with van der Waals surface area (Å²) in [4.78, 5) is 23.5. The number of hydrogen-bond donors (Lipinski definition) is 2. The molecule has 0 heterocycles. The molecule has 0 spiro atoms. The Hall–Kier alpha value is -1.10. The second kappa shape index (κ2) is 4.64. The molecular formula is C12H21NO4. The van der Waals surface area contributed by atoms with Gasteiger partial charge in [0.25, 0.3) is 0 Å². The summed E-state index contributed by atoms with van der Waals surface area (Å²) in [6.45, 7) is 5.18. The summed E-state index contributed by atoms with van der Waals surface area (Å²) in [5.41, 5.74) is 3.65. The molecule has 0 aliphatic heterocycles. The minimum atomic E-state index is -1.45. The highest BCUT2D eigenvalue weighted by atomic mass is 16.6. The fraction of sp³-hybridized carbons (Fsp3) is 0.833. The van der Waals surface area contributed by atoms with E-state index in [1.54, 1.807) is 20.8 Å². The summed E-state index contributed by atoms with van der Waals surface area (Å²) < 4.78 is 5.21. The van der Waals surface area contributed by atoms with Gasteiger partial charge in [-0.05, 0) is 40.0 Å². The summed E-state index contributed by atoms with van der Waals surface area (Å²) in [6, 6.07) is -0.243. The van der Waals surface area contributed by atoms with E-state index in [1.165, 1.54) is 0 Å². The molecule has 0 radical (unpaired) electrons. The molecular weight excluding hydrogens is 222 g/mol. The summed E-state index contributed by atoms with van der Waals surface area (Å²) in [5, 5.41) is 9.32. The van der Waals surface area contributed by atoms with Crippen LogP contribution in [0, 0.1) is 5.41 Å². The lowest BCUT2D eigenvalue weighted by atomic mass is 9.72. The van der Waals surface area contributed by atoms with E-state index in [2.05, 4.69) is 0 Å². The average molecular weight is 243 g/mol. The molecule has 0 aromatic rings. The maximum Gasteiger partial charge on any atom is 0.324 e. The number of carbonyl (C=O) groups is 2. The fourth-order valence-electron chi connectivity index (χ4n) is 2.16. The van der Waals surface area contributed by atoms with Crippen LogP contribution in [0.3, 0.4) is 0 Å². The molecule has 98 valence electrons. The molecule has 0 saturated heterocycles. The molecule has 0 bridgehead atoms. The van der Waals surface area contributed by atoms with Crippen molar-refractivity contribution in [2.45, 2.75) is 58.1 Å². The van der Waals surface area contributed by atoms with Crippen LogP contribution in [0.15, 0.2) is 0 Å². The third kappa shape index (κ3) is 3.19. The van der Waals surface area contributed by atoms with E-state index in [9.17, 15) is 14.7 Å². The van der Waals surface area contributed by atoms with Crippen LogP contribution in [0.25, 0.3) is 0 Å². The Bertz CT molecular complexity index is 321. The lowest BCUT2D eigenvalue weighted by Gasteiger charge is -2.36. The maximum absolute atomic E-state index is 12.1. The average Bonchev–Trinajstić information content (AvgIpc) is 2.14. The normalized spacial score (nSPS) is 29.8. The number of carboxylic acids is 1. The Morgan fingerprint density at radius 2 is 2.00 bits per heavy atom. The van der Waals surface area contributed by atoms with Crippen LogP contribution in [-0.2, 0) is 14.3 Å². The van der Waals surface area contributed by atoms with Gasteiger partial charge in [0.15, 0.2) is 5.41 Å². The van der Waals surface area contributed by atoms with Gasteiger partial charge in [-0.25, -0.2) is 0 Å². The predicted molar refractivity (Wildman–Crippen MR) is 62.4 cm³/mol. The molecule has 1 fully saturated rings. The highest BCUT2D eigenvalue weighted by Crippen LogP contribution is 2.38. The molecule has 1 aliphatic rings. The van der Waals surface area contributed by atoms with Crippen molar-refractivity contribution in [3.05, 3.63) is 0 Å². The molecule has 1 rings (SSSR count). The zero-order valence-electron chi connectivity index (χ0n) is 10.7. The van der Waals surface area contributed by atoms with Crippen molar-refractivity contribution in [3.63, 3.8) is 0 Å². The lowest BCUT2D eigenvalue weighted by molar-refractivity contribution is -0.179. The fourth-order valence-corrected chi connectivity index (χ4v) is 2.16. The molecule has 2 unspecified atom stereocenters. The highest BCUT2D eigenvalue weighted by Gasteiger charge is 2.51. The van der Waals surface area contributed by atoms with Crippen LogP contribution in [-0.4, -0.2) is 28.7 Å². The quantitative estimate of drug-likeness (QED) is 0.563. The first kappa shape index (κ1) is 14.0. The van der Waals surface area contributed by atoms with Crippen molar-refractivity contribution in [1.82, 2.24) is 0 Å². The Labute approximate surface area is 101 Å². The SMILES string of the molecule is CC(C)(C)OC(=O)C1(C(=O)O)CCCC(N)C1. The number of aliphatic carboxylic acids is 1. The number of carbonyl (C=O) groups excluding carboxylic acids is 1. The summed E-state index contributed by atoms with van der Waals surface area (Å²) in [6.07, 6.45) is 1.88. The van der Waals surface area contributed by atoms with Gasteiger partial charge in [-0.2, -0.15) is 0 Å². The van der Waals surface area contributed by atoms with Crippen molar-refractivity contribution >= 4 is 11.9 Å². The van der Waals surface area contributed by atoms with Gasteiger partial charge in [0.1, 0.15) is 5.60 Å². The van der Waals surface area contributed by atoms with Gasteiger partial charge >= 0.3 is 11.9 Å². The van der Waals surface area contributed by atoms with Crippen LogP contribution in [0.1, 0.15) is 46.5 Å². The van der Waals surface area contributed by atoms with Gasteiger partial charge in [0.2, 0.25) is 0 Å². The Balaban J connectivity index is 2.92. The number of esters is 1. The van der Waals surface area contributed by atoms with E-state index in [0.29, 0.717) is 12.8 Å². The van der Waals surface area contributed by atoms with Gasteiger partial charge in [-0.3, -0.25) is 9.59 Å². The molecule has 5 heteroatoms. The van der Waals surface area contributed by atoms with E-state index in [4.69, 9.17) is 10.5 Å². The first-order chi connectivity index (χ1) is 7.67. The van der Waals surface area contributed by atoms with E-state index >= 15 is 0 Å². The monoisotopic (exact) mass is 243 g/mol. The lowest BCUT2D eigenvalue weighted by Crippen LogP contribution is -2.49. The smallest absolute Gasteiger partial charge is 0.324 e. The van der Waals surface area contributed by atoms with Crippen molar-refractivity contribution in [3.8, 4) is 0 Å². The molecule has 0 amide bonds. The van der Waals surface area contributed by atoms with Crippen molar-refractivity contribution in [1.29, 1.82) is 0 Å². The summed E-state index contributed by atoms with van der Waals surface area (Å²) in [5.74, 6) is -1.78. The first-order valence-electron chi connectivity index (χ1n) is 5.90. The molecule has 0 aromatic heterocycles. The second-order valence-corrected chi connectivity index (χ2v) is 5.75. The van der Waals surface area contributed by atoms with Gasteiger partial charge in [-0.15, -0.1) is 0 Å². The molecule has 5 nitrogen and oxygen atoms in total. The molecule has 1 saturated carbocycles. The van der Waals surface area contributed by atoms with Gasteiger partial charge in [0, 0.05) is 6.04 Å². The number of rotatable bonds is 2. The first-order valence-corrected chi connectivity index (χ1v) is 5.90. The zero-order valence-corrected chi connectivity index (χ0v) is 10.7. The van der Waals surface area contributed by atoms with Crippen LogP contribution < -0.4 is 5.73 Å². The number of hydrogen-bond acceptors (Lipinski definition) is 4. The molecule has 2 atom stereocenters. The molecule has 17 heavy (non-hydrogen) atoms. The Morgan fingerprint density at radius 1 is 1.41 bits per heavy atom. The maximum atomic E-state index is 12.1. The van der Waals surface area contributed by atoms with E-state index in [-0.39, 0.29) is 12.5 Å². The zero-order chi connectivity index (χ0) is 13.3. The standard InChI is InChI=1S/C12H21NO4/c1-11(2,3)17-10(16)12(9(14)15)6-4-5-8(13)7-12/h8H,4-7,13H2,1-3H3,(H,14,15). The van der Waals surface area contributed by atoms with Gasteiger partial charge in [-0.1, -0.05) is 6.42 Å². The van der Waals surface area contributed by atoms with Crippen LogP contribution >= 0.6 is 0 Å². The molecule has 1 aliphatic carbocycles. The largest absolute Gasteiger partial charge is 0.480 e. The van der Waals surface area contributed by atoms with Crippen molar-refractivity contribution in [2.75, 3.05) is 0 Å². The Morgan fingerprint density at radius 3 is 2.41 bits per heavy atom. The predicted octanol–water partition coefficient (Wildman–Crippen LogP) is 1.30. The van der Waals surface area contributed by atoms with Crippen molar-refractivity contribution < 1.29 is 19.4 Å². The van der Waals surface area contributed by atoms with E-state index in [1.807, 2.05) is 0 Å². The minimum absolute atomic E-state index is 0.164. The number of ether oxygens (including phenoxy) is 1. The van der Waals surface area contributed by atoms with Crippen LogP contribution in [0.5, 0.6) is 0 Å². The van der Waals surface area contributed by atoms with Gasteiger partial charge in [0.05, 0.1) is 0 Å². The highest BCUT2D eigenvalue weighted by molar-refractivity contribution is 5.99. The second-order valence-electron chi connectivity index (χ2n) is 5.75. The summed E-state index contributed by atoms with van der Waals surface area (Å²) in [7, 11) is 0. The summed E-state index contributed by atoms with van der Waals surface area (Å²) >= 11 is 0. The number of carboxylic acid groups (broad SMARTS) is 1. The van der Waals surface area contributed by atoms with Crippen LogP contribution in [0.2, 0.25) is 0 Å². The Kier molecular flexibility index (Phi) is 3.81. The van der Waals surface area contributed by atoms with Gasteiger partial charge < -0.3 is 15.6 Å². The minimum Gasteiger partial charge on any atom is -0.480 e. The van der Waals surface area contributed by atoms with E-state index < -0.39 is 23.0 Å². The van der Waals surface area contributed by atoms with Crippen LogP contribution in [0.4, 0.5) is 0 Å². The van der Waals surface area contributed by atoms with E-state index in [0.717, 1.165) is 6.42 Å². The number of nitrogens with two attached hydrogens (primary N) is 1. The molecule has 0 aromatic carbocycles. The van der Waals surface area contributed by atoms with Crippen molar-refractivity contribution in [2.24, 2.45) is 11.1 Å². The third-order valence-electron chi connectivity index (χ3n) is 2.99. The topological polar surface area (TPSA) is 89.6 Å².